The predicted octanol–water partition coefficient (Wildman–Crippen LogP) is 4.51. The van der Waals surface area contributed by atoms with E-state index in [0.29, 0.717) is 33.8 Å². The molecule has 1 aromatic carbocycles. The molecule has 3 aromatic rings. The lowest BCUT2D eigenvalue weighted by molar-refractivity contribution is 0.347. The molecule has 28 heavy (non-hydrogen) atoms. The molecule has 2 aromatic heterocycles. The molecule has 5 nitrogen and oxygen atoms in total. The first-order valence-corrected chi connectivity index (χ1v) is 11.5. The molecule has 0 amide bonds. The van der Waals surface area contributed by atoms with Crippen molar-refractivity contribution in [3.63, 3.8) is 0 Å². The van der Waals surface area contributed by atoms with Crippen LogP contribution in [0.1, 0.15) is 35.3 Å². The van der Waals surface area contributed by atoms with Crippen molar-refractivity contribution in [2.75, 3.05) is 13.1 Å². The molecule has 146 valence electrons. The number of fused-ring (bicyclic) bond motifs is 1. The van der Waals surface area contributed by atoms with Crippen molar-refractivity contribution in [2.24, 2.45) is 0 Å². The summed E-state index contributed by atoms with van der Waals surface area (Å²) in [5.41, 5.74) is 1.89. The molecule has 4 rings (SSSR count). The third-order valence-corrected chi connectivity index (χ3v) is 8.31. The largest absolute Gasteiger partial charge is 0.463 e. The van der Waals surface area contributed by atoms with Crippen LogP contribution < -0.4 is 5.43 Å². The van der Waals surface area contributed by atoms with Gasteiger partial charge in [0, 0.05) is 18.0 Å². The standard InChI is InChI=1S/C21H21NO4S2/c1-15-5-9-19-18(13-15)21(23)16(14-26-19)6-7-17-8-10-20(27-17)28(24,25)22-11-3-2-4-12-22/h5-10,13-14H,2-4,11-12H2,1H3. The number of sulfonamides is 1. The third-order valence-electron chi connectivity index (χ3n) is 4.89. The summed E-state index contributed by atoms with van der Waals surface area (Å²) >= 11 is 1.22. The highest BCUT2D eigenvalue weighted by atomic mass is 32.2. The summed E-state index contributed by atoms with van der Waals surface area (Å²) in [6.45, 7) is 3.10. The van der Waals surface area contributed by atoms with Crippen LogP contribution in [0.5, 0.6) is 0 Å². The van der Waals surface area contributed by atoms with Crippen LogP contribution in [-0.2, 0) is 10.0 Å². The predicted molar refractivity (Wildman–Crippen MR) is 113 cm³/mol. The smallest absolute Gasteiger partial charge is 0.252 e. The zero-order valence-electron chi connectivity index (χ0n) is 15.6. The lowest BCUT2D eigenvalue weighted by Crippen LogP contribution is -2.35. The zero-order chi connectivity index (χ0) is 19.7. The van der Waals surface area contributed by atoms with Gasteiger partial charge in [-0.15, -0.1) is 11.3 Å². The van der Waals surface area contributed by atoms with Crippen molar-refractivity contribution in [3.05, 3.63) is 62.8 Å². The molecule has 7 heteroatoms. The lowest BCUT2D eigenvalue weighted by Gasteiger charge is -2.25. The Hall–Kier alpha value is -2.22. The number of benzene rings is 1. The van der Waals surface area contributed by atoms with Crippen LogP contribution >= 0.6 is 11.3 Å². The summed E-state index contributed by atoms with van der Waals surface area (Å²) in [6.07, 6.45) is 7.78. The van der Waals surface area contributed by atoms with Crippen LogP contribution in [0.2, 0.25) is 0 Å². The first kappa shape index (κ1) is 19.1. The van der Waals surface area contributed by atoms with Gasteiger partial charge < -0.3 is 4.42 Å². The minimum Gasteiger partial charge on any atom is -0.463 e. The lowest BCUT2D eigenvalue weighted by atomic mass is 10.1. The van der Waals surface area contributed by atoms with Crippen LogP contribution in [0.3, 0.4) is 0 Å². The molecule has 0 unspecified atom stereocenters. The molecule has 1 aliphatic heterocycles. The van der Waals surface area contributed by atoms with Crippen molar-refractivity contribution >= 4 is 44.5 Å². The van der Waals surface area contributed by atoms with Crippen LogP contribution in [0.15, 0.2) is 50.0 Å². The first-order chi connectivity index (χ1) is 13.4. The molecule has 0 atom stereocenters. The van der Waals surface area contributed by atoms with E-state index in [1.165, 1.54) is 17.6 Å². The number of hydrogen-bond donors (Lipinski definition) is 0. The minimum absolute atomic E-state index is 0.0982. The summed E-state index contributed by atoms with van der Waals surface area (Å²) in [5.74, 6) is 0. The number of nitrogens with zero attached hydrogens (tertiary/aromatic N) is 1. The van der Waals surface area contributed by atoms with Crippen LogP contribution in [0.4, 0.5) is 0 Å². The molecule has 0 bridgehead atoms. The molecular formula is C21H21NO4S2. The van der Waals surface area contributed by atoms with E-state index < -0.39 is 10.0 Å². The molecule has 3 heterocycles. The molecule has 0 radical (unpaired) electrons. The van der Waals surface area contributed by atoms with E-state index in [2.05, 4.69) is 0 Å². The molecule has 1 saturated heterocycles. The van der Waals surface area contributed by atoms with E-state index in [0.717, 1.165) is 29.7 Å². The topological polar surface area (TPSA) is 67.6 Å². The Kier molecular flexibility index (Phi) is 5.23. The van der Waals surface area contributed by atoms with Crippen LogP contribution in [-0.4, -0.2) is 25.8 Å². The van der Waals surface area contributed by atoms with Crippen molar-refractivity contribution in [1.82, 2.24) is 4.31 Å². The highest BCUT2D eigenvalue weighted by Gasteiger charge is 2.27. The average Bonchev–Trinajstić information content (AvgIpc) is 3.18. The monoisotopic (exact) mass is 415 g/mol. The summed E-state index contributed by atoms with van der Waals surface area (Å²) in [7, 11) is -3.43. The van der Waals surface area contributed by atoms with E-state index in [4.69, 9.17) is 4.42 Å². The number of rotatable bonds is 4. The zero-order valence-corrected chi connectivity index (χ0v) is 17.2. The fourth-order valence-electron chi connectivity index (χ4n) is 3.34. The van der Waals surface area contributed by atoms with Crippen molar-refractivity contribution < 1.29 is 12.8 Å². The van der Waals surface area contributed by atoms with E-state index in [-0.39, 0.29) is 5.43 Å². The van der Waals surface area contributed by atoms with Gasteiger partial charge in [-0.25, -0.2) is 8.42 Å². The maximum atomic E-state index is 12.8. The molecular weight excluding hydrogens is 394 g/mol. The summed E-state index contributed by atoms with van der Waals surface area (Å²) in [5, 5.41) is 0.543. The van der Waals surface area contributed by atoms with Gasteiger partial charge in [0.15, 0.2) is 5.43 Å². The molecule has 0 saturated carbocycles. The average molecular weight is 416 g/mol. The first-order valence-electron chi connectivity index (χ1n) is 9.25. The Morgan fingerprint density at radius 3 is 2.64 bits per heavy atom. The van der Waals surface area contributed by atoms with E-state index >= 15 is 0 Å². The van der Waals surface area contributed by atoms with Gasteiger partial charge >= 0.3 is 0 Å². The third kappa shape index (κ3) is 3.70. The number of hydrogen-bond acceptors (Lipinski definition) is 5. The highest BCUT2D eigenvalue weighted by Crippen LogP contribution is 2.28. The highest BCUT2D eigenvalue weighted by molar-refractivity contribution is 7.91. The van der Waals surface area contributed by atoms with Crippen molar-refractivity contribution in [3.8, 4) is 0 Å². The second kappa shape index (κ2) is 7.66. The van der Waals surface area contributed by atoms with Crippen molar-refractivity contribution in [2.45, 2.75) is 30.4 Å². The molecule has 0 N–H and O–H groups in total. The van der Waals surface area contributed by atoms with Crippen LogP contribution in [0.25, 0.3) is 23.1 Å². The number of aryl methyl sites for hydroxylation is 1. The number of thiophene rings is 1. The maximum Gasteiger partial charge on any atom is 0.252 e. The van der Waals surface area contributed by atoms with Crippen LogP contribution in [0, 0.1) is 6.92 Å². The van der Waals surface area contributed by atoms with Gasteiger partial charge in [-0.1, -0.05) is 18.1 Å². The van der Waals surface area contributed by atoms with E-state index in [9.17, 15) is 13.2 Å². The summed E-state index contributed by atoms with van der Waals surface area (Å²) in [6, 6.07) is 8.91. The van der Waals surface area contributed by atoms with Gasteiger partial charge in [0.1, 0.15) is 16.1 Å². The fourth-order valence-corrected chi connectivity index (χ4v) is 6.24. The molecule has 1 fully saturated rings. The number of piperidine rings is 1. The Balaban J connectivity index is 1.60. The van der Waals surface area contributed by atoms with Crippen molar-refractivity contribution in [1.29, 1.82) is 0 Å². The minimum atomic E-state index is -3.43. The second-order valence-electron chi connectivity index (χ2n) is 6.97. The molecule has 0 aliphatic carbocycles. The van der Waals surface area contributed by atoms with E-state index in [1.807, 2.05) is 19.1 Å². The Morgan fingerprint density at radius 2 is 1.86 bits per heavy atom. The Labute approximate surface area is 168 Å². The van der Waals surface area contributed by atoms with Gasteiger partial charge in [-0.2, -0.15) is 4.31 Å². The van der Waals surface area contributed by atoms with Gasteiger partial charge in [-0.3, -0.25) is 4.79 Å². The maximum absolute atomic E-state index is 12.8. The molecule has 0 spiro atoms. The SMILES string of the molecule is Cc1ccc2occ(C=Cc3ccc(S(=O)(=O)N4CCCCC4)s3)c(=O)c2c1. The normalized spacial score (nSPS) is 16.2. The Morgan fingerprint density at radius 1 is 1.07 bits per heavy atom. The van der Waals surface area contributed by atoms with E-state index in [1.54, 1.807) is 34.7 Å². The van der Waals surface area contributed by atoms with Gasteiger partial charge in [0.25, 0.3) is 10.0 Å². The van der Waals surface area contributed by atoms with Gasteiger partial charge in [0.2, 0.25) is 0 Å². The van der Waals surface area contributed by atoms with Gasteiger partial charge in [0.05, 0.1) is 10.9 Å². The van der Waals surface area contributed by atoms with Gasteiger partial charge in [-0.05, 0) is 56.2 Å². The second-order valence-corrected chi connectivity index (χ2v) is 10.3. The summed E-state index contributed by atoms with van der Waals surface area (Å²) in [4.78, 5) is 13.4. The Bertz CT molecular complexity index is 1200. The molecule has 1 aliphatic rings. The fraction of sp³-hybridized carbons (Fsp3) is 0.286. The summed E-state index contributed by atoms with van der Waals surface area (Å²) < 4.78 is 33.0. The quantitative estimate of drug-likeness (QED) is 0.629.